The number of methoxy groups -OCH3 is 1. The highest BCUT2D eigenvalue weighted by Crippen LogP contribution is 2.27. The first-order chi connectivity index (χ1) is 14.6. The van der Waals surface area contributed by atoms with Crippen LogP contribution in [0.3, 0.4) is 0 Å². The molecule has 0 aliphatic heterocycles. The van der Waals surface area contributed by atoms with Gasteiger partial charge in [0, 0.05) is 16.1 Å². The highest BCUT2D eigenvalue weighted by Gasteiger charge is 2.15. The molecule has 0 radical (unpaired) electrons. The number of ether oxygens (including phenoxy) is 1. The van der Waals surface area contributed by atoms with Crippen LogP contribution in [0, 0.1) is 0 Å². The van der Waals surface area contributed by atoms with Gasteiger partial charge >= 0.3 is 0 Å². The smallest absolute Gasteiger partial charge is 0.291 e. The second-order valence-corrected chi connectivity index (χ2v) is 8.38. The zero-order valence-corrected chi connectivity index (χ0v) is 18.1. The van der Waals surface area contributed by atoms with E-state index in [0.29, 0.717) is 26.8 Å². The molecular weight excluding hydrogens is 466 g/mol. The monoisotopic (exact) mass is 479 g/mol. The molecular formula is C22H14BrN3O3S. The number of furan rings is 1. The minimum Gasteiger partial charge on any atom is -0.496 e. The van der Waals surface area contributed by atoms with Crippen LogP contribution < -0.4 is 14.8 Å². The first-order valence-electron chi connectivity index (χ1n) is 9.03. The average Bonchev–Trinajstić information content (AvgIpc) is 3.46. The van der Waals surface area contributed by atoms with Crippen LogP contribution in [0.5, 0.6) is 5.75 Å². The zero-order chi connectivity index (χ0) is 20.7. The van der Waals surface area contributed by atoms with Crippen LogP contribution in [0.25, 0.3) is 33.7 Å². The van der Waals surface area contributed by atoms with Gasteiger partial charge in [0.15, 0.2) is 5.82 Å². The van der Waals surface area contributed by atoms with E-state index in [9.17, 15) is 4.79 Å². The minimum atomic E-state index is -0.231. The topological polar surface area (TPSA) is 69.6 Å². The fourth-order valence-electron chi connectivity index (χ4n) is 3.11. The predicted molar refractivity (Wildman–Crippen MR) is 120 cm³/mol. The molecule has 0 saturated carbocycles. The summed E-state index contributed by atoms with van der Waals surface area (Å²) in [6.45, 7) is 0. The number of rotatable bonds is 4. The molecule has 0 bridgehead atoms. The lowest BCUT2D eigenvalue weighted by Gasteiger charge is -2.03. The molecule has 0 amide bonds. The van der Waals surface area contributed by atoms with Crippen molar-refractivity contribution < 1.29 is 9.15 Å². The number of nitrogens with zero attached hydrogens (tertiary/aromatic N) is 3. The van der Waals surface area contributed by atoms with E-state index in [-0.39, 0.29) is 5.56 Å². The molecule has 0 N–H and O–H groups in total. The van der Waals surface area contributed by atoms with Crippen molar-refractivity contribution in [1.82, 2.24) is 14.6 Å². The molecule has 5 aromatic rings. The van der Waals surface area contributed by atoms with Gasteiger partial charge in [-0.25, -0.2) is 0 Å². The van der Waals surface area contributed by atoms with Gasteiger partial charge in [0.25, 0.3) is 5.56 Å². The molecule has 8 heteroatoms. The Balaban J connectivity index is 1.52. The molecule has 6 nitrogen and oxygen atoms in total. The van der Waals surface area contributed by atoms with E-state index in [4.69, 9.17) is 9.15 Å². The summed E-state index contributed by atoms with van der Waals surface area (Å²) in [4.78, 5) is 17.8. The Hall–Kier alpha value is -3.23. The maximum absolute atomic E-state index is 12.8. The molecule has 0 fully saturated rings. The number of benzene rings is 2. The van der Waals surface area contributed by atoms with Crippen LogP contribution in [0.1, 0.15) is 5.76 Å². The predicted octanol–water partition coefficient (Wildman–Crippen LogP) is 4.40. The summed E-state index contributed by atoms with van der Waals surface area (Å²) >= 11 is 4.69. The molecule has 3 heterocycles. The fraction of sp³-hybridized carbons (Fsp3) is 0.0455. The zero-order valence-electron chi connectivity index (χ0n) is 15.7. The lowest BCUT2D eigenvalue weighted by atomic mass is 10.2. The molecule has 0 saturated heterocycles. The van der Waals surface area contributed by atoms with Gasteiger partial charge in [-0.2, -0.15) is 9.50 Å². The van der Waals surface area contributed by atoms with Crippen molar-refractivity contribution in [2.75, 3.05) is 7.11 Å². The number of halogens is 1. The molecule has 0 unspecified atom stereocenters. The molecule has 30 heavy (non-hydrogen) atoms. The SMILES string of the molecule is COc1ccccc1-c1nc2sc(=Cc3ccc(-c4ccc(Br)cc4)o3)c(=O)n2n1. The van der Waals surface area contributed by atoms with Crippen molar-refractivity contribution in [2.45, 2.75) is 0 Å². The van der Waals surface area contributed by atoms with Crippen LogP contribution in [-0.2, 0) is 0 Å². The highest BCUT2D eigenvalue weighted by atomic mass is 79.9. The van der Waals surface area contributed by atoms with Crippen LogP contribution in [0.4, 0.5) is 0 Å². The molecule has 0 spiro atoms. The molecule has 5 rings (SSSR count). The van der Waals surface area contributed by atoms with Gasteiger partial charge in [0.2, 0.25) is 4.96 Å². The lowest BCUT2D eigenvalue weighted by Crippen LogP contribution is -2.23. The van der Waals surface area contributed by atoms with E-state index in [1.165, 1.54) is 15.9 Å². The molecule has 148 valence electrons. The van der Waals surface area contributed by atoms with Gasteiger partial charge in [-0.1, -0.05) is 51.5 Å². The Kier molecular flexibility index (Phi) is 4.72. The van der Waals surface area contributed by atoms with Crippen molar-refractivity contribution in [1.29, 1.82) is 0 Å². The van der Waals surface area contributed by atoms with Crippen LogP contribution >= 0.6 is 27.3 Å². The second-order valence-electron chi connectivity index (χ2n) is 6.45. The van der Waals surface area contributed by atoms with Gasteiger partial charge in [0.05, 0.1) is 12.7 Å². The Bertz CT molecular complexity index is 1470. The summed E-state index contributed by atoms with van der Waals surface area (Å²) < 4.78 is 14.1. The van der Waals surface area contributed by atoms with E-state index in [1.807, 2.05) is 60.7 Å². The highest BCUT2D eigenvalue weighted by molar-refractivity contribution is 9.10. The third kappa shape index (κ3) is 3.34. The van der Waals surface area contributed by atoms with E-state index >= 15 is 0 Å². The van der Waals surface area contributed by atoms with Crippen molar-refractivity contribution in [3.8, 4) is 28.5 Å². The summed E-state index contributed by atoms with van der Waals surface area (Å²) in [6, 6.07) is 19.0. The Morgan fingerprint density at radius 1 is 1.10 bits per heavy atom. The number of fused-ring (bicyclic) bond motifs is 1. The average molecular weight is 480 g/mol. The molecule has 0 aliphatic rings. The molecule has 2 aromatic carbocycles. The number of thiazole rings is 1. The standard InChI is InChI=1S/C22H14BrN3O3S/c1-28-18-5-3-2-4-16(18)20-24-22-26(25-20)21(27)19(30-22)12-15-10-11-17(29-15)13-6-8-14(23)9-7-13/h2-12H,1H3. The number of aromatic nitrogens is 3. The lowest BCUT2D eigenvalue weighted by molar-refractivity contribution is 0.416. The normalized spacial score (nSPS) is 12.0. The minimum absolute atomic E-state index is 0.231. The summed E-state index contributed by atoms with van der Waals surface area (Å²) in [6.07, 6.45) is 1.72. The van der Waals surface area contributed by atoms with E-state index in [1.54, 1.807) is 13.2 Å². The Labute approximate surface area is 183 Å². The van der Waals surface area contributed by atoms with Gasteiger partial charge in [-0.05, 0) is 36.4 Å². The Morgan fingerprint density at radius 3 is 2.67 bits per heavy atom. The summed E-state index contributed by atoms with van der Waals surface area (Å²) in [5, 5.41) is 4.38. The third-order valence-electron chi connectivity index (χ3n) is 4.56. The van der Waals surface area contributed by atoms with Crippen molar-refractivity contribution in [3.05, 3.63) is 85.8 Å². The third-order valence-corrected chi connectivity index (χ3v) is 6.05. The molecule has 0 aliphatic carbocycles. The maximum atomic E-state index is 12.8. The van der Waals surface area contributed by atoms with Crippen LogP contribution in [0.2, 0.25) is 0 Å². The van der Waals surface area contributed by atoms with E-state index in [0.717, 1.165) is 21.4 Å². The van der Waals surface area contributed by atoms with E-state index in [2.05, 4.69) is 26.0 Å². The van der Waals surface area contributed by atoms with Gasteiger partial charge in [-0.3, -0.25) is 4.79 Å². The van der Waals surface area contributed by atoms with Crippen molar-refractivity contribution >= 4 is 38.3 Å². The molecule has 3 aromatic heterocycles. The van der Waals surface area contributed by atoms with Crippen LogP contribution in [-0.4, -0.2) is 21.7 Å². The summed E-state index contributed by atoms with van der Waals surface area (Å²) in [5.41, 5.74) is 1.47. The van der Waals surface area contributed by atoms with Crippen molar-refractivity contribution in [3.63, 3.8) is 0 Å². The number of hydrogen-bond donors (Lipinski definition) is 0. The van der Waals surface area contributed by atoms with Gasteiger partial charge in [-0.15, -0.1) is 5.10 Å². The number of hydrogen-bond acceptors (Lipinski definition) is 6. The first-order valence-corrected chi connectivity index (χ1v) is 10.6. The fourth-order valence-corrected chi connectivity index (χ4v) is 4.26. The number of para-hydroxylation sites is 1. The van der Waals surface area contributed by atoms with Crippen molar-refractivity contribution in [2.24, 2.45) is 0 Å². The quantitative estimate of drug-likeness (QED) is 0.382. The summed E-state index contributed by atoms with van der Waals surface area (Å²) in [5.74, 6) is 2.45. The Morgan fingerprint density at radius 2 is 1.90 bits per heavy atom. The van der Waals surface area contributed by atoms with Crippen LogP contribution in [0.15, 0.2) is 74.3 Å². The molecule has 0 atom stereocenters. The first kappa shape index (κ1) is 18.8. The largest absolute Gasteiger partial charge is 0.496 e. The van der Waals surface area contributed by atoms with E-state index < -0.39 is 0 Å². The maximum Gasteiger partial charge on any atom is 0.291 e. The van der Waals surface area contributed by atoms with Gasteiger partial charge in [0.1, 0.15) is 21.8 Å². The summed E-state index contributed by atoms with van der Waals surface area (Å²) in [7, 11) is 1.59. The van der Waals surface area contributed by atoms with Gasteiger partial charge < -0.3 is 9.15 Å². The second kappa shape index (κ2) is 7.55.